The Morgan fingerprint density at radius 2 is 2.07 bits per heavy atom. The molecule has 2 rings (SSSR count). The Kier molecular flexibility index (Phi) is 2.72. The predicted octanol–water partition coefficient (Wildman–Crippen LogP) is 3.61. The van der Waals surface area contributed by atoms with Crippen molar-refractivity contribution in [1.29, 1.82) is 0 Å². The molecule has 1 radical (unpaired) electrons. The van der Waals surface area contributed by atoms with E-state index in [4.69, 9.17) is 4.74 Å². The second kappa shape index (κ2) is 3.88. The molecule has 1 heterocycles. The van der Waals surface area contributed by atoms with E-state index in [-0.39, 0.29) is 0 Å². The molecule has 1 aromatic rings. The van der Waals surface area contributed by atoms with Gasteiger partial charge < -0.3 is 4.74 Å². The van der Waals surface area contributed by atoms with E-state index in [0.29, 0.717) is 5.41 Å². The van der Waals surface area contributed by atoms with Gasteiger partial charge in [0.15, 0.2) is 0 Å². The molecule has 1 aliphatic heterocycles. The molecule has 0 spiro atoms. The summed E-state index contributed by atoms with van der Waals surface area (Å²) >= 11 is 0. The quantitative estimate of drug-likeness (QED) is 0.677. The highest BCUT2D eigenvalue weighted by atomic mass is 16.5. The number of benzene rings is 1. The maximum absolute atomic E-state index is 5.58. The lowest BCUT2D eigenvalue weighted by atomic mass is 9.87. The fraction of sp³-hybridized carbons (Fsp3) is 0.500. The van der Waals surface area contributed by atoms with Gasteiger partial charge in [-0.2, -0.15) is 0 Å². The number of fused-ring (bicyclic) bond motifs is 1. The zero-order chi connectivity index (χ0) is 10.9. The van der Waals surface area contributed by atoms with E-state index in [1.54, 1.807) is 0 Å². The summed E-state index contributed by atoms with van der Waals surface area (Å²) in [5.41, 5.74) is 3.02. The van der Waals surface area contributed by atoms with Crippen molar-refractivity contribution in [1.82, 2.24) is 0 Å². The lowest BCUT2D eigenvalue weighted by Crippen LogP contribution is -2.11. The topological polar surface area (TPSA) is 9.23 Å². The van der Waals surface area contributed by atoms with Crippen LogP contribution in [0.15, 0.2) is 18.2 Å². The lowest BCUT2D eigenvalue weighted by Gasteiger charge is -2.21. The highest BCUT2D eigenvalue weighted by molar-refractivity contribution is 5.43. The third kappa shape index (κ3) is 2.74. The Morgan fingerprint density at radius 1 is 1.27 bits per heavy atom. The molecule has 0 aliphatic carbocycles. The molecule has 0 atom stereocenters. The van der Waals surface area contributed by atoms with Gasteiger partial charge in [0.25, 0.3) is 0 Å². The first-order valence-electron chi connectivity index (χ1n) is 5.63. The summed E-state index contributed by atoms with van der Waals surface area (Å²) in [5, 5.41) is 0. The summed E-state index contributed by atoms with van der Waals surface area (Å²) in [6, 6.07) is 6.55. The van der Waals surface area contributed by atoms with Crippen molar-refractivity contribution in [2.75, 3.05) is 6.61 Å². The lowest BCUT2D eigenvalue weighted by molar-refractivity contribution is 0.306. The molecule has 1 nitrogen and oxygen atoms in total. The fourth-order valence-corrected chi connectivity index (χ4v) is 1.99. The normalized spacial score (nSPS) is 15.7. The molecule has 1 heteroatoms. The Hall–Kier alpha value is -0.980. The first kappa shape index (κ1) is 10.5. The van der Waals surface area contributed by atoms with Gasteiger partial charge in [0.05, 0.1) is 6.61 Å². The Balaban J connectivity index is 2.21. The van der Waals surface area contributed by atoms with Gasteiger partial charge in [-0.15, -0.1) is 0 Å². The average molecular weight is 203 g/mol. The minimum atomic E-state index is 0.351. The van der Waals surface area contributed by atoms with E-state index in [1.165, 1.54) is 11.1 Å². The molecule has 0 amide bonds. The third-order valence-corrected chi connectivity index (χ3v) is 2.55. The third-order valence-electron chi connectivity index (χ3n) is 2.55. The Morgan fingerprint density at radius 3 is 2.80 bits per heavy atom. The smallest absolute Gasteiger partial charge is 0.122 e. The summed E-state index contributed by atoms with van der Waals surface area (Å²) < 4.78 is 5.58. The summed E-state index contributed by atoms with van der Waals surface area (Å²) in [4.78, 5) is 0. The van der Waals surface area contributed by atoms with Gasteiger partial charge in [-0.1, -0.05) is 32.9 Å². The first-order valence-corrected chi connectivity index (χ1v) is 5.63. The zero-order valence-electron chi connectivity index (χ0n) is 9.84. The molecule has 0 saturated carbocycles. The molecule has 0 unspecified atom stereocenters. The SMILES string of the molecule is CC(C)(C)Cc1ccc2c(c1)[CH]CCO2. The van der Waals surface area contributed by atoms with Gasteiger partial charge in [-0.25, -0.2) is 0 Å². The van der Waals surface area contributed by atoms with E-state index in [1.807, 2.05) is 0 Å². The highest BCUT2D eigenvalue weighted by Gasteiger charge is 2.14. The predicted molar refractivity (Wildman–Crippen MR) is 63.1 cm³/mol. The van der Waals surface area contributed by atoms with E-state index in [0.717, 1.165) is 25.2 Å². The van der Waals surface area contributed by atoms with Gasteiger partial charge >= 0.3 is 0 Å². The average Bonchev–Trinajstić information content (AvgIpc) is 2.15. The number of rotatable bonds is 1. The number of ether oxygens (including phenoxy) is 1. The zero-order valence-corrected chi connectivity index (χ0v) is 9.84. The molecular weight excluding hydrogens is 184 g/mol. The maximum atomic E-state index is 5.58. The van der Waals surface area contributed by atoms with Crippen LogP contribution in [0.25, 0.3) is 0 Å². The Bertz CT molecular complexity index is 347. The van der Waals surface area contributed by atoms with Crippen molar-refractivity contribution in [2.45, 2.75) is 33.6 Å². The van der Waals surface area contributed by atoms with E-state index in [2.05, 4.69) is 45.4 Å². The van der Waals surface area contributed by atoms with Crippen LogP contribution in [0.1, 0.15) is 38.3 Å². The van der Waals surface area contributed by atoms with Crippen LogP contribution in [0.2, 0.25) is 0 Å². The summed E-state index contributed by atoms with van der Waals surface area (Å²) in [5.74, 6) is 1.04. The van der Waals surface area contributed by atoms with Crippen LogP contribution in [0.4, 0.5) is 0 Å². The largest absolute Gasteiger partial charge is 0.493 e. The maximum Gasteiger partial charge on any atom is 0.122 e. The van der Waals surface area contributed by atoms with Crippen LogP contribution in [0.3, 0.4) is 0 Å². The van der Waals surface area contributed by atoms with Crippen LogP contribution < -0.4 is 4.74 Å². The molecule has 1 aliphatic rings. The number of hydrogen-bond acceptors (Lipinski definition) is 1. The molecule has 0 saturated heterocycles. The summed E-state index contributed by atoms with van der Waals surface area (Å²) in [6.07, 6.45) is 4.42. The van der Waals surface area contributed by atoms with E-state index in [9.17, 15) is 0 Å². The second-order valence-electron chi connectivity index (χ2n) is 5.45. The first-order chi connectivity index (χ1) is 7.04. The van der Waals surface area contributed by atoms with Crippen molar-refractivity contribution in [3.8, 4) is 5.75 Å². The standard InChI is InChI=1S/C14H19O/c1-14(2,3)10-11-6-7-13-12(9-11)5-4-8-15-13/h5-7,9H,4,8,10H2,1-3H3. The van der Waals surface area contributed by atoms with Gasteiger partial charge in [0.2, 0.25) is 0 Å². The highest BCUT2D eigenvalue weighted by Crippen LogP contribution is 2.29. The van der Waals surface area contributed by atoms with Crippen molar-refractivity contribution in [3.63, 3.8) is 0 Å². The van der Waals surface area contributed by atoms with Crippen LogP contribution in [-0.4, -0.2) is 6.61 Å². The monoisotopic (exact) mass is 203 g/mol. The molecule has 0 bridgehead atoms. The minimum Gasteiger partial charge on any atom is -0.493 e. The summed E-state index contributed by atoms with van der Waals surface area (Å²) in [7, 11) is 0. The van der Waals surface area contributed by atoms with Crippen molar-refractivity contribution in [3.05, 3.63) is 35.7 Å². The molecule has 81 valence electrons. The minimum absolute atomic E-state index is 0.351. The molecule has 0 aromatic heterocycles. The van der Waals surface area contributed by atoms with Gasteiger partial charge in [0.1, 0.15) is 5.75 Å². The molecule has 1 aromatic carbocycles. The molecular formula is C14H19O. The van der Waals surface area contributed by atoms with E-state index < -0.39 is 0 Å². The molecule has 15 heavy (non-hydrogen) atoms. The second-order valence-corrected chi connectivity index (χ2v) is 5.45. The van der Waals surface area contributed by atoms with Gasteiger partial charge in [-0.3, -0.25) is 0 Å². The molecule has 0 N–H and O–H groups in total. The van der Waals surface area contributed by atoms with Crippen LogP contribution in [0, 0.1) is 11.8 Å². The van der Waals surface area contributed by atoms with Crippen LogP contribution in [0.5, 0.6) is 5.75 Å². The van der Waals surface area contributed by atoms with Crippen LogP contribution in [-0.2, 0) is 6.42 Å². The van der Waals surface area contributed by atoms with Crippen molar-refractivity contribution in [2.24, 2.45) is 5.41 Å². The number of hydrogen-bond donors (Lipinski definition) is 0. The van der Waals surface area contributed by atoms with Gasteiger partial charge in [-0.05, 0) is 41.9 Å². The van der Waals surface area contributed by atoms with Gasteiger partial charge in [0, 0.05) is 0 Å². The summed E-state index contributed by atoms with van der Waals surface area (Å²) in [6.45, 7) is 7.64. The van der Waals surface area contributed by atoms with E-state index >= 15 is 0 Å². The van der Waals surface area contributed by atoms with Crippen molar-refractivity contribution >= 4 is 0 Å². The molecule has 0 fully saturated rings. The fourth-order valence-electron chi connectivity index (χ4n) is 1.99. The van der Waals surface area contributed by atoms with Crippen molar-refractivity contribution < 1.29 is 4.74 Å². The Labute approximate surface area is 92.5 Å². The van der Waals surface area contributed by atoms with Crippen LogP contribution >= 0.6 is 0 Å².